The van der Waals surface area contributed by atoms with Gasteiger partial charge in [-0.3, -0.25) is 0 Å². The van der Waals surface area contributed by atoms with Gasteiger partial charge in [-0.25, -0.2) is 4.79 Å². The van der Waals surface area contributed by atoms with Crippen molar-refractivity contribution in [3.63, 3.8) is 0 Å². The van der Waals surface area contributed by atoms with E-state index in [4.69, 9.17) is 4.74 Å². The zero-order valence-corrected chi connectivity index (χ0v) is 11.9. The molecule has 1 aliphatic rings. The maximum atomic E-state index is 11.0. The lowest BCUT2D eigenvalue weighted by molar-refractivity contribution is -0.142. The van der Waals surface area contributed by atoms with Crippen LogP contribution in [-0.2, 0) is 9.53 Å². The molecule has 1 saturated heterocycles. The predicted molar refractivity (Wildman–Crippen MR) is 78.0 cm³/mol. The Morgan fingerprint density at radius 3 is 2.85 bits per heavy atom. The van der Waals surface area contributed by atoms with Gasteiger partial charge in [-0.05, 0) is 56.1 Å². The van der Waals surface area contributed by atoms with Gasteiger partial charge in [0.15, 0.2) is 6.61 Å². The molecule has 1 atom stereocenters. The molecule has 5 nitrogen and oxygen atoms in total. The Morgan fingerprint density at radius 2 is 2.20 bits per heavy atom. The standard InChI is InChI=1S/C15H22N2O3/c1-19-15(18)11-20-14-6-4-13(5-7-14)17-10-12-3-2-8-16-9-12/h4-7,12,16-17H,2-3,8-11H2,1H3. The third-order valence-electron chi connectivity index (χ3n) is 3.43. The molecule has 1 unspecified atom stereocenters. The number of piperidine rings is 1. The van der Waals surface area contributed by atoms with Crippen molar-refractivity contribution in [3.05, 3.63) is 24.3 Å². The van der Waals surface area contributed by atoms with Crippen molar-refractivity contribution in [3.8, 4) is 5.75 Å². The summed E-state index contributed by atoms with van der Waals surface area (Å²) in [7, 11) is 1.35. The van der Waals surface area contributed by atoms with Crippen LogP contribution in [-0.4, -0.2) is 39.3 Å². The van der Waals surface area contributed by atoms with Gasteiger partial charge in [0.25, 0.3) is 0 Å². The van der Waals surface area contributed by atoms with Crippen LogP contribution in [0.5, 0.6) is 5.75 Å². The van der Waals surface area contributed by atoms with Crippen LogP contribution in [0.4, 0.5) is 5.69 Å². The largest absolute Gasteiger partial charge is 0.482 e. The zero-order chi connectivity index (χ0) is 14.2. The molecule has 1 aromatic rings. The van der Waals surface area contributed by atoms with Crippen LogP contribution in [0.1, 0.15) is 12.8 Å². The van der Waals surface area contributed by atoms with E-state index in [9.17, 15) is 4.79 Å². The predicted octanol–water partition coefficient (Wildman–Crippen LogP) is 1.65. The second-order valence-corrected chi connectivity index (χ2v) is 4.98. The molecule has 0 saturated carbocycles. The van der Waals surface area contributed by atoms with Gasteiger partial charge in [0, 0.05) is 12.2 Å². The van der Waals surface area contributed by atoms with Gasteiger partial charge in [-0.1, -0.05) is 0 Å². The summed E-state index contributed by atoms with van der Waals surface area (Å²) in [6.45, 7) is 3.16. The Balaban J connectivity index is 1.74. The minimum Gasteiger partial charge on any atom is -0.482 e. The highest BCUT2D eigenvalue weighted by Crippen LogP contribution is 2.17. The summed E-state index contributed by atoms with van der Waals surface area (Å²) in [5.74, 6) is 0.983. The first-order chi connectivity index (χ1) is 9.78. The van der Waals surface area contributed by atoms with Crippen LogP contribution in [0.15, 0.2) is 24.3 Å². The number of carbonyl (C=O) groups excluding carboxylic acids is 1. The summed E-state index contributed by atoms with van der Waals surface area (Å²) < 4.78 is 9.82. The third kappa shape index (κ3) is 4.74. The van der Waals surface area contributed by atoms with Gasteiger partial charge >= 0.3 is 5.97 Å². The number of hydrogen-bond acceptors (Lipinski definition) is 5. The van der Waals surface area contributed by atoms with Crippen LogP contribution in [0.3, 0.4) is 0 Å². The minimum absolute atomic E-state index is 0.0585. The Kier molecular flexibility index (Phi) is 5.68. The van der Waals surface area contributed by atoms with E-state index in [0.29, 0.717) is 11.7 Å². The van der Waals surface area contributed by atoms with E-state index in [1.165, 1.54) is 20.0 Å². The Hall–Kier alpha value is -1.75. The summed E-state index contributed by atoms with van der Waals surface area (Å²) in [4.78, 5) is 11.0. The summed E-state index contributed by atoms with van der Waals surface area (Å²) in [5, 5.41) is 6.84. The number of hydrogen-bond donors (Lipinski definition) is 2. The first-order valence-electron chi connectivity index (χ1n) is 7.02. The Labute approximate surface area is 119 Å². The molecule has 0 radical (unpaired) electrons. The molecule has 2 N–H and O–H groups in total. The monoisotopic (exact) mass is 278 g/mol. The summed E-state index contributed by atoms with van der Waals surface area (Å²) in [6, 6.07) is 7.63. The van der Waals surface area contributed by atoms with E-state index in [0.717, 1.165) is 25.3 Å². The molecule has 1 heterocycles. The van der Waals surface area contributed by atoms with E-state index < -0.39 is 0 Å². The van der Waals surface area contributed by atoms with Crippen molar-refractivity contribution in [1.29, 1.82) is 0 Å². The number of anilines is 1. The number of rotatable bonds is 6. The smallest absolute Gasteiger partial charge is 0.343 e. The molecule has 5 heteroatoms. The van der Waals surface area contributed by atoms with Gasteiger partial charge in [0.1, 0.15) is 5.75 Å². The normalized spacial score (nSPS) is 18.4. The Morgan fingerprint density at radius 1 is 1.40 bits per heavy atom. The molecular weight excluding hydrogens is 256 g/mol. The second kappa shape index (κ2) is 7.75. The highest BCUT2D eigenvalue weighted by atomic mass is 16.6. The zero-order valence-electron chi connectivity index (χ0n) is 11.9. The van der Waals surface area contributed by atoms with Gasteiger partial charge in [0.2, 0.25) is 0 Å². The lowest BCUT2D eigenvalue weighted by Crippen LogP contribution is -2.33. The number of nitrogens with one attached hydrogen (secondary N) is 2. The number of esters is 1. The van der Waals surface area contributed by atoms with Gasteiger partial charge in [0.05, 0.1) is 7.11 Å². The van der Waals surface area contributed by atoms with Crippen molar-refractivity contribution in [2.24, 2.45) is 5.92 Å². The van der Waals surface area contributed by atoms with E-state index in [1.807, 2.05) is 24.3 Å². The molecule has 1 aromatic carbocycles. The molecular formula is C15H22N2O3. The fourth-order valence-corrected chi connectivity index (χ4v) is 2.23. The van der Waals surface area contributed by atoms with Gasteiger partial charge in [-0.2, -0.15) is 0 Å². The summed E-state index contributed by atoms with van der Waals surface area (Å²) in [5.41, 5.74) is 1.07. The van der Waals surface area contributed by atoms with Crippen LogP contribution in [0.2, 0.25) is 0 Å². The molecule has 2 rings (SSSR count). The number of carbonyl (C=O) groups is 1. The van der Waals surface area contributed by atoms with Crippen LogP contribution >= 0.6 is 0 Å². The average Bonchev–Trinajstić information content (AvgIpc) is 2.52. The quantitative estimate of drug-likeness (QED) is 0.775. The molecule has 20 heavy (non-hydrogen) atoms. The lowest BCUT2D eigenvalue weighted by Gasteiger charge is -2.23. The fourth-order valence-electron chi connectivity index (χ4n) is 2.23. The third-order valence-corrected chi connectivity index (χ3v) is 3.43. The molecule has 0 aliphatic carbocycles. The topological polar surface area (TPSA) is 59.6 Å². The first kappa shape index (κ1) is 14.7. The van der Waals surface area contributed by atoms with Gasteiger partial charge in [-0.15, -0.1) is 0 Å². The first-order valence-corrected chi connectivity index (χ1v) is 7.02. The van der Waals surface area contributed by atoms with Crippen molar-refractivity contribution in [1.82, 2.24) is 5.32 Å². The number of ether oxygens (including phenoxy) is 2. The van der Waals surface area contributed by atoms with E-state index in [-0.39, 0.29) is 12.6 Å². The number of methoxy groups -OCH3 is 1. The maximum Gasteiger partial charge on any atom is 0.343 e. The maximum absolute atomic E-state index is 11.0. The molecule has 0 amide bonds. The summed E-state index contributed by atoms with van der Waals surface area (Å²) >= 11 is 0. The van der Waals surface area contributed by atoms with Crippen molar-refractivity contribution >= 4 is 11.7 Å². The fraction of sp³-hybridized carbons (Fsp3) is 0.533. The minimum atomic E-state index is -0.378. The van der Waals surface area contributed by atoms with Gasteiger partial charge < -0.3 is 20.1 Å². The average molecular weight is 278 g/mol. The highest BCUT2D eigenvalue weighted by Gasteiger charge is 2.12. The SMILES string of the molecule is COC(=O)COc1ccc(NCC2CCCNC2)cc1. The molecule has 1 aliphatic heterocycles. The van der Waals surface area contributed by atoms with Crippen LogP contribution < -0.4 is 15.4 Å². The molecule has 1 fully saturated rings. The Bertz CT molecular complexity index is 414. The van der Waals surface area contributed by atoms with E-state index >= 15 is 0 Å². The van der Waals surface area contributed by atoms with Crippen LogP contribution in [0, 0.1) is 5.92 Å². The van der Waals surface area contributed by atoms with Crippen molar-refractivity contribution < 1.29 is 14.3 Å². The summed E-state index contributed by atoms with van der Waals surface area (Å²) in [6.07, 6.45) is 2.53. The molecule has 0 spiro atoms. The van der Waals surface area contributed by atoms with Crippen LogP contribution in [0.25, 0.3) is 0 Å². The van der Waals surface area contributed by atoms with Crippen molar-refractivity contribution in [2.75, 3.05) is 38.7 Å². The molecule has 110 valence electrons. The molecule has 0 bridgehead atoms. The van der Waals surface area contributed by atoms with Crippen molar-refractivity contribution in [2.45, 2.75) is 12.8 Å². The lowest BCUT2D eigenvalue weighted by atomic mass is 10.00. The second-order valence-electron chi connectivity index (χ2n) is 4.98. The molecule has 0 aromatic heterocycles. The van der Waals surface area contributed by atoms with E-state index in [1.54, 1.807) is 0 Å². The highest BCUT2D eigenvalue weighted by molar-refractivity contribution is 5.70. The van der Waals surface area contributed by atoms with E-state index in [2.05, 4.69) is 15.4 Å². The number of benzene rings is 1.